The van der Waals surface area contributed by atoms with Crippen LogP contribution in [0.5, 0.6) is 0 Å². The zero-order valence-corrected chi connectivity index (χ0v) is 7.40. The van der Waals surface area contributed by atoms with Gasteiger partial charge in [-0.1, -0.05) is 0 Å². The Morgan fingerprint density at radius 2 is 2.00 bits per heavy atom. The van der Waals surface area contributed by atoms with E-state index >= 15 is 0 Å². The van der Waals surface area contributed by atoms with E-state index in [0.717, 1.165) is 6.92 Å². The van der Waals surface area contributed by atoms with Crippen LogP contribution in [0.15, 0.2) is 0 Å². The highest BCUT2D eigenvalue weighted by atomic mass is 19.4. The van der Waals surface area contributed by atoms with E-state index in [1.54, 1.807) is 0 Å². The third kappa shape index (κ3) is 3.20. The second-order valence-electron chi connectivity index (χ2n) is 2.65. The molecule has 0 aromatic carbocycles. The van der Waals surface area contributed by atoms with E-state index in [9.17, 15) is 13.2 Å². The minimum absolute atomic E-state index is 0.0138. The van der Waals surface area contributed by atoms with Crippen LogP contribution in [0.25, 0.3) is 0 Å². The van der Waals surface area contributed by atoms with E-state index in [1.807, 2.05) is 0 Å². The number of rotatable bonds is 4. The number of halogens is 3. The van der Waals surface area contributed by atoms with Crippen LogP contribution in [-0.2, 0) is 4.74 Å². The highest BCUT2D eigenvalue weighted by Crippen LogP contribution is 2.29. The van der Waals surface area contributed by atoms with Crippen LogP contribution in [0.2, 0.25) is 0 Å². The summed E-state index contributed by atoms with van der Waals surface area (Å²) in [7, 11) is 1.37. The molecule has 76 valence electrons. The molecule has 0 rings (SSSR count). The predicted octanol–water partition coefficient (Wildman–Crippen LogP) is 1.07. The number of methoxy groups -OCH3 is 1. The van der Waals surface area contributed by atoms with Gasteiger partial charge in [0.15, 0.2) is 5.54 Å². The maximum absolute atomic E-state index is 12.2. The Morgan fingerprint density at radius 3 is 2.31 bits per heavy atom. The molecule has 3 nitrogen and oxygen atoms in total. The molecule has 0 amide bonds. The first-order chi connectivity index (χ1) is 5.87. The summed E-state index contributed by atoms with van der Waals surface area (Å²) in [5.41, 5.74) is -2.49. The first-order valence-electron chi connectivity index (χ1n) is 3.59. The third-order valence-electron chi connectivity index (χ3n) is 1.58. The van der Waals surface area contributed by atoms with Crippen LogP contribution < -0.4 is 5.32 Å². The maximum Gasteiger partial charge on any atom is 0.419 e. The van der Waals surface area contributed by atoms with Gasteiger partial charge in [-0.05, 0) is 6.92 Å². The molecule has 6 heteroatoms. The summed E-state index contributed by atoms with van der Waals surface area (Å²) >= 11 is 0. The van der Waals surface area contributed by atoms with Gasteiger partial charge < -0.3 is 4.74 Å². The van der Waals surface area contributed by atoms with Crippen molar-refractivity contribution in [2.75, 3.05) is 20.3 Å². The van der Waals surface area contributed by atoms with Gasteiger partial charge in [-0.25, -0.2) is 0 Å². The van der Waals surface area contributed by atoms with Crippen LogP contribution >= 0.6 is 0 Å². The average molecular weight is 196 g/mol. The van der Waals surface area contributed by atoms with Gasteiger partial charge in [-0.3, -0.25) is 5.32 Å². The van der Waals surface area contributed by atoms with Crippen molar-refractivity contribution < 1.29 is 17.9 Å². The van der Waals surface area contributed by atoms with Crippen molar-refractivity contribution in [2.24, 2.45) is 0 Å². The van der Waals surface area contributed by atoms with Crippen molar-refractivity contribution in [3.05, 3.63) is 0 Å². The molecule has 0 spiro atoms. The molecular formula is C7H11F3N2O. The fourth-order valence-corrected chi connectivity index (χ4v) is 0.606. The lowest BCUT2D eigenvalue weighted by Crippen LogP contribution is -2.54. The number of ether oxygens (including phenoxy) is 1. The van der Waals surface area contributed by atoms with Crippen molar-refractivity contribution in [3.8, 4) is 6.07 Å². The van der Waals surface area contributed by atoms with Crippen LogP contribution in [-0.4, -0.2) is 32.0 Å². The fourth-order valence-electron chi connectivity index (χ4n) is 0.606. The lowest BCUT2D eigenvalue weighted by Gasteiger charge is -2.25. The Balaban J connectivity index is 4.24. The average Bonchev–Trinajstić information content (AvgIpc) is 2.02. The Labute approximate surface area is 74.5 Å². The Morgan fingerprint density at radius 1 is 1.46 bits per heavy atom. The molecule has 0 aliphatic rings. The molecule has 0 saturated heterocycles. The molecule has 0 aromatic rings. The summed E-state index contributed by atoms with van der Waals surface area (Å²) in [5, 5.41) is 10.4. The van der Waals surface area contributed by atoms with Crippen LogP contribution in [0.4, 0.5) is 13.2 Å². The number of hydrogen-bond acceptors (Lipinski definition) is 3. The van der Waals surface area contributed by atoms with E-state index in [-0.39, 0.29) is 13.2 Å². The third-order valence-corrected chi connectivity index (χ3v) is 1.58. The topological polar surface area (TPSA) is 45.0 Å². The van der Waals surface area contributed by atoms with Gasteiger partial charge in [0.1, 0.15) is 0 Å². The maximum atomic E-state index is 12.2. The fraction of sp³-hybridized carbons (Fsp3) is 0.857. The predicted molar refractivity (Wildman–Crippen MR) is 40.0 cm³/mol. The van der Waals surface area contributed by atoms with Gasteiger partial charge in [-0.2, -0.15) is 18.4 Å². The highest BCUT2D eigenvalue weighted by Gasteiger charge is 2.51. The van der Waals surface area contributed by atoms with Gasteiger partial charge in [0.2, 0.25) is 0 Å². The second kappa shape index (κ2) is 4.44. The van der Waals surface area contributed by atoms with Crippen LogP contribution in [0, 0.1) is 11.3 Å². The zero-order valence-electron chi connectivity index (χ0n) is 7.40. The summed E-state index contributed by atoms with van der Waals surface area (Å²) in [6, 6.07) is 1.19. The standard InChI is InChI=1S/C7H11F3N2O/c1-6(5-11,7(8,9)10)12-3-4-13-2/h12H,3-4H2,1-2H3. The largest absolute Gasteiger partial charge is 0.419 e. The number of alkyl halides is 3. The second-order valence-corrected chi connectivity index (χ2v) is 2.65. The van der Waals surface area contributed by atoms with E-state index in [1.165, 1.54) is 13.2 Å². The zero-order chi connectivity index (χ0) is 10.5. The first kappa shape index (κ1) is 12.2. The van der Waals surface area contributed by atoms with Crippen molar-refractivity contribution in [3.63, 3.8) is 0 Å². The lowest BCUT2D eigenvalue weighted by atomic mass is 10.0. The summed E-state index contributed by atoms with van der Waals surface area (Å²) < 4.78 is 41.2. The summed E-state index contributed by atoms with van der Waals surface area (Å²) in [5.74, 6) is 0. The van der Waals surface area contributed by atoms with E-state index in [4.69, 9.17) is 5.26 Å². The van der Waals surface area contributed by atoms with Gasteiger partial charge in [0, 0.05) is 13.7 Å². The summed E-state index contributed by atoms with van der Waals surface area (Å²) in [4.78, 5) is 0. The minimum Gasteiger partial charge on any atom is -0.383 e. The number of nitriles is 1. The minimum atomic E-state index is -4.57. The first-order valence-corrected chi connectivity index (χ1v) is 3.59. The Hall–Kier alpha value is -0.800. The van der Waals surface area contributed by atoms with Gasteiger partial charge >= 0.3 is 6.18 Å². The van der Waals surface area contributed by atoms with Gasteiger partial charge in [-0.15, -0.1) is 0 Å². The van der Waals surface area contributed by atoms with E-state index in [0.29, 0.717) is 0 Å². The molecule has 0 heterocycles. The normalized spacial score (nSPS) is 16.3. The number of nitrogens with zero attached hydrogens (tertiary/aromatic N) is 1. The number of nitrogens with one attached hydrogen (secondary N) is 1. The summed E-state index contributed by atoms with van der Waals surface area (Å²) in [6.07, 6.45) is -4.57. The van der Waals surface area contributed by atoms with Crippen molar-refractivity contribution in [1.82, 2.24) is 5.32 Å². The molecule has 0 saturated carbocycles. The quantitative estimate of drug-likeness (QED) is 0.684. The molecule has 1 atom stereocenters. The van der Waals surface area contributed by atoms with Gasteiger partial charge in [0.05, 0.1) is 12.7 Å². The van der Waals surface area contributed by atoms with Crippen LogP contribution in [0.1, 0.15) is 6.92 Å². The van der Waals surface area contributed by atoms with Crippen molar-refractivity contribution >= 4 is 0 Å². The molecule has 0 fully saturated rings. The molecule has 0 aliphatic carbocycles. The molecule has 1 unspecified atom stereocenters. The smallest absolute Gasteiger partial charge is 0.383 e. The van der Waals surface area contributed by atoms with E-state index < -0.39 is 11.7 Å². The molecule has 0 aliphatic heterocycles. The van der Waals surface area contributed by atoms with Crippen molar-refractivity contribution in [2.45, 2.75) is 18.6 Å². The van der Waals surface area contributed by atoms with E-state index in [2.05, 4.69) is 10.1 Å². The Bertz CT molecular complexity index is 199. The molecule has 0 aromatic heterocycles. The molecule has 0 bridgehead atoms. The van der Waals surface area contributed by atoms with Gasteiger partial charge in [0.25, 0.3) is 0 Å². The number of hydrogen-bond donors (Lipinski definition) is 1. The SMILES string of the molecule is COCCNC(C)(C#N)C(F)(F)F. The van der Waals surface area contributed by atoms with Crippen molar-refractivity contribution in [1.29, 1.82) is 5.26 Å². The summed E-state index contributed by atoms with van der Waals surface area (Å²) in [6.45, 7) is 0.913. The molecular weight excluding hydrogens is 185 g/mol. The Kier molecular flexibility index (Phi) is 4.17. The molecule has 13 heavy (non-hydrogen) atoms. The highest BCUT2D eigenvalue weighted by molar-refractivity contribution is 5.09. The van der Waals surface area contributed by atoms with Crippen LogP contribution in [0.3, 0.4) is 0 Å². The monoisotopic (exact) mass is 196 g/mol. The molecule has 0 radical (unpaired) electrons. The lowest BCUT2D eigenvalue weighted by molar-refractivity contribution is -0.174. The molecule has 1 N–H and O–H groups in total.